The van der Waals surface area contributed by atoms with Gasteiger partial charge < -0.3 is 0 Å². The normalized spacial score (nSPS) is 24.2. The van der Waals surface area contributed by atoms with Gasteiger partial charge in [0.1, 0.15) is 0 Å². The molecule has 1 aromatic carbocycles. The highest BCUT2D eigenvalue weighted by atomic mass is 19.2. The Hall–Kier alpha value is -1.47. The van der Waals surface area contributed by atoms with Gasteiger partial charge in [0, 0.05) is 18.7 Å². The fourth-order valence-electron chi connectivity index (χ4n) is 2.62. The van der Waals surface area contributed by atoms with E-state index in [-0.39, 0.29) is 5.41 Å². The summed E-state index contributed by atoms with van der Waals surface area (Å²) in [6.45, 7) is 5.27. The van der Waals surface area contributed by atoms with Gasteiger partial charge in [-0.2, -0.15) is 5.26 Å². The van der Waals surface area contributed by atoms with Crippen LogP contribution in [0, 0.1) is 35.3 Å². The van der Waals surface area contributed by atoms with Crippen molar-refractivity contribution in [2.45, 2.75) is 33.2 Å². The largest absolute Gasteiger partial charge is 0.297 e. The van der Waals surface area contributed by atoms with Gasteiger partial charge in [0.15, 0.2) is 11.6 Å². The van der Waals surface area contributed by atoms with Crippen molar-refractivity contribution in [1.82, 2.24) is 4.90 Å². The molecule has 4 heteroatoms. The lowest BCUT2D eigenvalue weighted by Crippen LogP contribution is -2.40. The van der Waals surface area contributed by atoms with Crippen LogP contribution in [0.5, 0.6) is 0 Å². The second-order valence-electron chi connectivity index (χ2n) is 5.66. The Kier molecular flexibility index (Phi) is 3.86. The minimum Gasteiger partial charge on any atom is -0.297 e. The smallest absolute Gasteiger partial charge is 0.163 e. The van der Waals surface area contributed by atoms with Crippen molar-refractivity contribution in [3.05, 3.63) is 34.9 Å². The average Bonchev–Trinajstić information content (AvgIpc) is 2.40. The first kappa shape index (κ1) is 14.0. The molecule has 0 saturated carbocycles. The van der Waals surface area contributed by atoms with Crippen LogP contribution in [-0.4, -0.2) is 18.0 Å². The summed E-state index contributed by atoms with van der Waals surface area (Å²) in [5.41, 5.74) is 0.310. The Morgan fingerprint density at radius 3 is 2.79 bits per heavy atom. The predicted molar refractivity (Wildman–Crippen MR) is 69.3 cm³/mol. The highest BCUT2D eigenvalue weighted by Gasteiger charge is 2.31. The first-order valence-corrected chi connectivity index (χ1v) is 6.52. The molecule has 2 nitrogen and oxygen atoms in total. The van der Waals surface area contributed by atoms with E-state index in [0.717, 1.165) is 19.4 Å². The molecule has 19 heavy (non-hydrogen) atoms. The Labute approximate surface area is 112 Å². The summed E-state index contributed by atoms with van der Waals surface area (Å²) in [5, 5.41) is 9.16. The Balaban J connectivity index is 2.14. The van der Waals surface area contributed by atoms with E-state index in [0.29, 0.717) is 24.2 Å². The second-order valence-corrected chi connectivity index (χ2v) is 5.66. The molecule has 2 rings (SSSR count). The number of benzene rings is 1. The fourth-order valence-corrected chi connectivity index (χ4v) is 2.62. The molecule has 1 saturated heterocycles. The quantitative estimate of drug-likeness (QED) is 0.818. The van der Waals surface area contributed by atoms with E-state index in [1.165, 1.54) is 0 Å². The SMILES string of the molecule is Cc1ccc(CN2CCCC(C)(C#N)C2)c(F)c1F. The van der Waals surface area contributed by atoms with Gasteiger partial charge in [-0.1, -0.05) is 12.1 Å². The molecule has 1 aliphatic heterocycles. The van der Waals surface area contributed by atoms with Gasteiger partial charge in [-0.25, -0.2) is 8.78 Å². The average molecular weight is 264 g/mol. The van der Waals surface area contributed by atoms with Gasteiger partial charge in [-0.15, -0.1) is 0 Å². The van der Waals surface area contributed by atoms with Crippen LogP contribution < -0.4 is 0 Å². The molecule has 1 aliphatic rings. The molecule has 1 unspecified atom stereocenters. The minimum absolute atomic E-state index is 0.321. The summed E-state index contributed by atoms with van der Waals surface area (Å²) >= 11 is 0. The lowest BCUT2D eigenvalue weighted by molar-refractivity contribution is 0.135. The van der Waals surface area contributed by atoms with Gasteiger partial charge in [0.2, 0.25) is 0 Å². The zero-order valence-corrected chi connectivity index (χ0v) is 11.3. The number of piperidine rings is 1. The maximum Gasteiger partial charge on any atom is 0.163 e. The summed E-state index contributed by atoms with van der Waals surface area (Å²) in [5.74, 6) is -1.53. The van der Waals surface area contributed by atoms with Crippen LogP contribution in [0.15, 0.2) is 12.1 Å². The van der Waals surface area contributed by atoms with Crippen molar-refractivity contribution in [2.75, 3.05) is 13.1 Å². The maximum absolute atomic E-state index is 13.8. The molecule has 1 atom stereocenters. The minimum atomic E-state index is -0.766. The molecular weight excluding hydrogens is 246 g/mol. The van der Waals surface area contributed by atoms with Crippen LogP contribution in [0.25, 0.3) is 0 Å². The number of likely N-dealkylation sites (tertiary alicyclic amines) is 1. The summed E-state index contributed by atoms with van der Waals surface area (Å²) in [6.07, 6.45) is 1.78. The summed E-state index contributed by atoms with van der Waals surface area (Å²) in [6, 6.07) is 5.55. The zero-order valence-electron chi connectivity index (χ0n) is 11.3. The van der Waals surface area contributed by atoms with Gasteiger partial charge in [0.05, 0.1) is 11.5 Å². The first-order valence-electron chi connectivity index (χ1n) is 6.52. The van der Waals surface area contributed by atoms with Gasteiger partial charge >= 0.3 is 0 Å². The highest BCUT2D eigenvalue weighted by molar-refractivity contribution is 5.25. The lowest BCUT2D eigenvalue weighted by Gasteiger charge is -2.36. The second kappa shape index (κ2) is 5.26. The molecule has 0 N–H and O–H groups in total. The number of hydrogen-bond donors (Lipinski definition) is 0. The molecule has 0 radical (unpaired) electrons. The fraction of sp³-hybridized carbons (Fsp3) is 0.533. The van der Waals surface area contributed by atoms with Gasteiger partial charge in [0.25, 0.3) is 0 Å². The third-order valence-corrected chi connectivity index (χ3v) is 3.79. The van der Waals surface area contributed by atoms with Crippen LogP contribution in [0.4, 0.5) is 8.78 Å². The van der Waals surface area contributed by atoms with Crippen molar-refractivity contribution < 1.29 is 8.78 Å². The van der Waals surface area contributed by atoms with E-state index in [9.17, 15) is 8.78 Å². The predicted octanol–water partition coefficient (Wildman–Crippen LogP) is 3.40. The molecule has 0 aliphatic carbocycles. The lowest BCUT2D eigenvalue weighted by atomic mass is 9.83. The topological polar surface area (TPSA) is 27.0 Å². The van der Waals surface area contributed by atoms with Gasteiger partial charge in [-0.05, 0) is 38.8 Å². The van der Waals surface area contributed by atoms with E-state index in [1.54, 1.807) is 19.1 Å². The van der Waals surface area contributed by atoms with Crippen LogP contribution in [0.3, 0.4) is 0 Å². The molecule has 102 valence electrons. The van der Waals surface area contributed by atoms with Crippen LogP contribution >= 0.6 is 0 Å². The third kappa shape index (κ3) is 2.93. The number of rotatable bonds is 2. The summed E-state index contributed by atoms with van der Waals surface area (Å²) in [7, 11) is 0. The third-order valence-electron chi connectivity index (χ3n) is 3.79. The molecule has 1 aromatic rings. The summed E-state index contributed by atoms with van der Waals surface area (Å²) in [4.78, 5) is 2.03. The monoisotopic (exact) mass is 264 g/mol. The first-order chi connectivity index (χ1) is 8.95. The molecular formula is C15H18F2N2. The number of hydrogen-bond acceptors (Lipinski definition) is 2. The zero-order chi connectivity index (χ0) is 14.0. The van der Waals surface area contributed by atoms with E-state index < -0.39 is 11.6 Å². The van der Waals surface area contributed by atoms with E-state index in [2.05, 4.69) is 6.07 Å². The number of nitrogens with zero attached hydrogens (tertiary/aromatic N) is 2. The Morgan fingerprint density at radius 1 is 1.37 bits per heavy atom. The maximum atomic E-state index is 13.8. The van der Waals surface area contributed by atoms with Crippen molar-refractivity contribution in [3.8, 4) is 6.07 Å². The van der Waals surface area contributed by atoms with Crippen LogP contribution in [0.1, 0.15) is 30.9 Å². The van der Waals surface area contributed by atoms with Gasteiger partial charge in [-0.3, -0.25) is 4.90 Å². The highest BCUT2D eigenvalue weighted by Crippen LogP contribution is 2.29. The Morgan fingerprint density at radius 2 is 2.11 bits per heavy atom. The molecule has 0 bridgehead atoms. The summed E-state index contributed by atoms with van der Waals surface area (Å²) < 4.78 is 27.3. The van der Waals surface area contributed by atoms with E-state index in [1.807, 2.05) is 11.8 Å². The van der Waals surface area contributed by atoms with Crippen molar-refractivity contribution in [1.29, 1.82) is 5.26 Å². The molecule has 0 amide bonds. The van der Waals surface area contributed by atoms with Crippen molar-refractivity contribution in [3.63, 3.8) is 0 Å². The number of aryl methyl sites for hydroxylation is 1. The van der Waals surface area contributed by atoms with Crippen molar-refractivity contribution in [2.24, 2.45) is 5.41 Å². The number of nitriles is 1. The van der Waals surface area contributed by atoms with Crippen LogP contribution in [-0.2, 0) is 6.54 Å². The Bertz CT molecular complexity index is 522. The van der Waals surface area contributed by atoms with E-state index in [4.69, 9.17) is 5.26 Å². The standard InChI is InChI=1S/C15H18F2N2/c1-11-4-5-12(14(17)13(11)16)8-19-7-3-6-15(2,9-18)10-19/h4-5H,3,6-8,10H2,1-2H3. The van der Waals surface area contributed by atoms with E-state index >= 15 is 0 Å². The van der Waals surface area contributed by atoms with Crippen LogP contribution in [0.2, 0.25) is 0 Å². The molecule has 1 fully saturated rings. The van der Waals surface area contributed by atoms with Crippen molar-refractivity contribution >= 4 is 0 Å². The number of halogens is 2. The molecule has 0 aromatic heterocycles. The molecule has 0 spiro atoms. The molecule has 1 heterocycles.